The van der Waals surface area contributed by atoms with Gasteiger partial charge in [-0.2, -0.15) is 13.2 Å². The average molecular weight is 1350 g/mol. The Bertz CT molecular complexity index is 4600. The van der Waals surface area contributed by atoms with Gasteiger partial charge in [0, 0.05) is 0 Å². The standard InChI is InChI=1S/C28H25NO4S.C23H20F3NO4S.C22H20FNO4S/c30-28(31)25-15-13-21(14-16-25)7-6-11-24-10-4-5-12-27(24)29-34(32,33)26-19-17-23(18-20-26)22-8-2-1-3-9-22;24-23(25,26)19-9-2-4-11-21(19)32(30,31)27-20-10-3-1-7-17(20)8-5-6-16-12-14-18(15-13-16)22(28)29;23-19-12-14-20(15-13-19)29(27,28)24-21-7-2-1-5-17(21)6-3-4-16-8-10-18(11-9-16)22(25)26/h1-5,8-10,12-20,29H,6-7,11H2,(H,30,31);1-4,7,9-15,27H,5-6,8H2,(H,28,29);1-2,5,7-15,24H,3-4,6H2,(H,25,26). The molecule has 0 amide bonds. The predicted molar refractivity (Wildman–Crippen MR) is 358 cm³/mol. The number of hydrogen-bond acceptors (Lipinski definition) is 9. The van der Waals surface area contributed by atoms with E-state index in [0.29, 0.717) is 49.0 Å². The van der Waals surface area contributed by atoms with Gasteiger partial charge in [-0.15, -0.1) is 0 Å². The molecule has 0 spiro atoms. The molecule has 0 saturated heterocycles. The van der Waals surface area contributed by atoms with Crippen LogP contribution in [0, 0.1) is 5.82 Å². The number of carbonyl (C=O) groups is 3. The number of para-hydroxylation sites is 3. The monoisotopic (exact) mass is 1350 g/mol. The maximum Gasteiger partial charge on any atom is 0.417 e. The van der Waals surface area contributed by atoms with Crippen LogP contribution in [-0.2, 0) is 74.8 Å². The van der Waals surface area contributed by atoms with Crippen molar-refractivity contribution in [2.24, 2.45) is 0 Å². The number of carboxylic acid groups (broad SMARTS) is 3. The highest BCUT2D eigenvalue weighted by molar-refractivity contribution is 7.93. The highest BCUT2D eigenvalue weighted by Gasteiger charge is 2.37. The molecule has 0 atom stereocenters. The molecule has 0 unspecified atom stereocenters. The van der Waals surface area contributed by atoms with Crippen molar-refractivity contribution in [3.63, 3.8) is 0 Å². The Morgan fingerprint density at radius 3 is 1.00 bits per heavy atom. The number of nitrogens with one attached hydrogen (secondary N) is 3. The van der Waals surface area contributed by atoms with E-state index in [-0.39, 0.29) is 32.2 Å². The van der Waals surface area contributed by atoms with Crippen molar-refractivity contribution in [2.75, 3.05) is 14.2 Å². The molecule has 10 rings (SSSR count). The Kier molecular flexibility index (Phi) is 24.0. The Morgan fingerprint density at radius 2 is 0.642 bits per heavy atom. The SMILES string of the molecule is O=C(O)c1ccc(CCCc2ccccc2NS(=O)(=O)c2ccc(-c3ccccc3)cc2)cc1.O=C(O)c1ccc(CCCc2ccccc2NS(=O)(=O)c2ccc(F)cc2)cc1.O=C(O)c1ccc(CCCc2ccccc2NS(=O)(=O)c2ccccc2C(F)(F)F)cc1. The van der Waals surface area contributed by atoms with Gasteiger partial charge in [0.2, 0.25) is 0 Å². The van der Waals surface area contributed by atoms with Crippen LogP contribution >= 0.6 is 0 Å². The zero-order valence-electron chi connectivity index (χ0n) is 50.8. The second kappa shape index (κ2) is 32.4. The van der Waals surface area contributed by atoms with Gasteiger partial charge < -0.3 is 15.3 Å². The maximum atomic E-state index is 13.3. The summed E-state index contributed by atoms with van der Waals surface area (Å²) in [4.78, 5) is 32.2. The van der Waals surface area contributed by atoms with Crippen molar-refractivity contribution in [1.29, 1.82) is 0 Å². The summed E-state index contributed by atoms with van der Waals surface area (Å²) in [6.45, 7) is 0. The molecule has 0 aliphatic heterocycles. The van der Waals surface area contributed by atoms with Gasteiger partial charge in [0.05, 0.1) is 54.0 Å². The second-order valence-corrected chi connectivity index (χ2v) is 26.7. The third kappa shape index (κ3) is 20.5. The first-order chi connectivity index (χ1) is 45.3. The number of aryl methyl sites for hydroxylation is 6. The van der Waals surface area contributed by atoms with Crippen LogP contribution in [0.15, 0.2) is 263 Å². The lowest BCUT2D eigenvalue weighted by molar-refractivity contribution is -0.139. The highest BCUT2D eigenvalue weighted by Crippen LogP contribution is 2.35. The first kappa shape index (κ1) is 70.4. The lowest BCUT2D eigenvalue weighted by atomic mass is 10.0. The molecule has 10 aromatic carbocycles. The van der Waals surface area contributed by atoms with E-state index in [4.69, 9.17) is 15.3 Å². The van der Waals surface area contributed by atoms with Crippen molar-refractivity contribution < 1.29 is 72.5 Å². The van der Waals surface area contributed by atoms with Crippen LogP contribution in [0.3, 0.4) is 0 Å². The van der Waals surface area contributed by atoms with E-state index in [1.54, 1.807) is 97.1 Å². The zero-order valence-corrected chi connectivity index (χ0v) is 53.2. The molecule has 490 valence electrons. The highest BCUT2D eigenvalue weighted by atomic mass is 32.2. The molecule has 10 aromatic rings. The number of rotatable bonds is 25. The molecule has 0 bridgehead atoms. The van der Waals surface area contributed by atoms with Gasteiger partial charge in [0.15, 0.2) is 0 Å². The van der Waals surface area contributed by atoms with E-state index in [9.17, 15) is 57.2 Å². The van der Waals surface area contributed by atoms with E-state index < -0.39 is 70.4 Å². The Morgan fingerprint density at radius 1 is 0.337 bits per heavy atom. The summed E-state index contributed by atoms with van der Waals surface area (Å²) in [7, 11) is -12.0. The first-order valence-electron chi connectivity index (χ1n) is 29.7. The summed E-state index contributed by atoms with van der Waals surface area (Å²) >= 11 is 0. The molecule has 0 radical (unpaired) electrons. The summed E-state index contributed by atoms with van der Waals surface area (Å²) in [6, 6.07) is 66.4. The minimum absolute atomic E-state index is 0.00720. The molecule has 0 fully saturated rings. The lowest BCUT2D eigenvalue weighted by Crippen LogP contribution is -2.19. The van der Waals surface area contributed by atoms with Crippen molar-refractivity contribution in [3.8, 4) is 11.1 Å². The first-order valence-corrected chi connectivity index (χ1v) is 34.2. The number of alkyl halides is 3. The van der Waals surface area contributed by atoms with Gasteiger partial charge in [-0.25, -0.2) is 44.0 Å². The van der Waals surface area contributed by atoms with Crippen LogP contribution in [-0.4, -0.2) is 58.5 Å². The average Bonchev–Trinajstić information content (AvgIpc) is 0.802. The summed E-state index contributed by atoms with van der Waals surface area (Å²) in [5, 5.41) is 26.9. The van der Waals surface area contributed by atoms with Gasteiger partial charge >= 0.3 is 24.1 Å². The third-order valence-corrected chi connectivity index (χ3v) is 19.2. The predicted octanol–water partition coefficient (Wildman–Crippen LogP) is 15.9. The van der Waals surface area contributed by atoms with Gasteiger partial charge in [0.1, 0.15) is 5.82 Å². The Labute approximate surface area is 548 Å². The molecule has 22 heteroatoms. The van der Waals surface area contributed by atoms with E-state index in [1.807, 2.05) is 84.9 Å². The smallest absolute Gasteiger partial charge is 0.417 e. The number of aromatic carboxylic acids is 3. The maximum absolute atomic E-state index is 13.3. The number of carboxylic acids is 3. The van der Waals surface area contributed by atoms with E-state index in [1.165, 1.54) is 36.4 Å². The molecule has 15 nitrogen and oxygen atoms in total. The van der Waals surface area contributed by atoms with Crippen LogP contribution in [0.4, 0.5) is 34.6 Å². The Balaban J connectivity index is 0.000000183. The van der Waals surface area contributed by atoms with Crippen LogP contribution < -0.4 is 14.2 Å². The van der Waals surface area contributed by atoms with Gasteiger partial charge in [-0.1, -0.05) is 146 Å². The third-order valence-electron chi connectivity index (χ3n) is 15.0. The van der Waals surface area contributed by atoms with E-state index in [2.05, 4.69) is 14.2 Å². The van der Waals surface area contributed by atoms with Crippen LogP contribution in [0.5, 0.6) is 0 Å². The van der Waals surface area contributed by atoms with Crippen molar-refractivity contribution in [2.45, 2.75) is 78.7 Å². The van der Waals surface area contributed by atoms with Crippen LogP contribution in [0.1, 0.15) is 89.3 Å². The summed E-state index contributed by atoms with van der Waals surface area (Å²) in [5.74, 6) is -3.41. The summed E-state index contributed by atoms with van der Waals surface area (Å²) in [6.07, 6.45) is 1.32. The number of anilines is 3. The number of benzene rings is 10. The normalized spacial score (nSPS) is 11.4. The lowest BCUT2D eigenvalue weighted by Gasteiger charge is -2.16. The quantitative estimate of drug-likeness (QED) is 0.0292. The Hall–Kier alpha value is -10.4. The van der Waals surface area contributed by atoms with Crippen molar-refractivity contribution in [3.05, 3.63) is 310 Å². The fourth-order valence-corrected chi connectivity index (χ4v) is 13.5. The van der Waals surface area contributed by atoms with E-state index in [0.717, 1.165) is 95.0 Å². The molecule has 0 aliphatic rings. The van der Waals surface area contributed by atoms with Gasteiger partial charge in [-0.3, -0.25) is 14.2 Å². The number of sulfonamides is 3. The molecule has 0 saturated carbocycles. The topological polar surface area (TPSA) is 250 Å². The summed E-state index contributed by atoms with van der Waals surface area (Å²) in [5.41, 5.74) is 8.10. The van der Waals surface area contributed by atoms with Crippen molar-refractivity contribution >= 4 is 65.0 Å². The largest absolute Gasteiger partial charge is 0.478 e. The molecular weight excluding hydrogens is 1280 g/mol. The van der Waals surface area contributed by atoms with Gasteiger partial charge in [-0.05, 0) is 205 Å². The molecule has 0 heterocycles. The fraction of sp³-hybridized carbons (Fsp3) is 0.137. The molecule has 0 aliphatic carbocycles. The molecule has 95 heavy (non-hydrogen) atoms. The minimum Gasteiger partial charge on any atom is -0.478 e. The molecule has 6 N–H and O–H groups in total. The van der Waals surface area contributed by atoms with Crippen LogP contribution in [0.25, 0.3) is 11.1 Å². The second-order valence-electron chi connectivity index (χ2n) is 21.7. The zero-order chi connectivity index (χ0) is 68.2. The summed E-state index contributed by atoms with van der Waals surface area (Å²) < 4.78 is 137. The fourth-order valence-electron chi connectivity index (χ4n) is 10.0. The molecular formula is C73H65F4N3O12S3. The molecule has 0 aromatic heterocycles. The van der Waals surface area contributed by atoms with Crippen molar-refractivity contribution in [1.82, 2.24) is 0 Å². The number of hydrogen-bond donors (Lipinski definition) is 6. The van der Waals surface area contributed by atoms with E-state index >= 15 is 0 Å². The van der Waals surface area contributed by atoms with Gasteiger partial charge in [0.25, 0.3) is 30.1 Å². The number of halogens is 4. The van der Waals surface area contributed by atoms with Crippen LogP contribution in [0.2, 0.25) is 0 Å². The minimum atomic E-state index is -4.80.